The summed E-state index contributed by atoms with van der Waals surface area (Å²) in [6.07, 6.45) is 2.05. The summed E-state index contributed by atoms with van der Waals surface area (Å²) in [5.74, 6) is 0.956. The van der Waals surface area contributed by atoms with Crippen molar-refractivity contribution in [3.05, 3.63) is 66.4 Å². The van der Waals surface area contributed by atoms with Gasteiger partial charge in [-0.3, -0.25) is 4.79 Å². The molecule has 1 aliphatic heterocycles. The number of likely N-dealkylation sites (tertiary alicyclic amines) is 1. The van der Waals surface area contributed by atoms with Gasteiger partial charge in [0.05, 0.1) is 30.0 Å². The smallest absolute Gasteiger partial charge is 0.353 e. The molecule has 35 heavy (non-hydrogen) atoms. The van der Waals surface area contributed by atoms with Crippen LogP contribution in [-0.2, 0) is 6.18 Å². The van der Waals surface area contributed by atoms with E-state index in [1.807, 2.05) is 34.9 Å². The van der Waals surface area contributed by atoms with Crippen LogP contribution in [0.15, 0.2) is 55.1 Å². The minimum absolute atomic E-state index is 0.118. The third-order valence-electron chi connectivity index (χ3n) is 6.43. The summed E-state index contributed by atoms with van der Waals surface area (Å²) in [6.45, 7) is 4.67. The second-order valence-electron chi connectivity index (χ2n) is 8.83. The zero-order valence-electron chi connectivity index (χ0n) is 19.8. The number of aromatic nitrogens is 4. The van der Waals surface area contributed by atoms with Crippen LogP contribution >= 0.6 is 0 Å². The normalized spacial score (nSPS) is 19.0. The second kappa shape index (κ2) is 9.97. The van der Waals surface area contributed by atoms with Gasteiger partial charge in [0.15, 0.2) is 11.5 Å². The number of halogens is 3. The van der Waals surface area contributed by atoms with Crippen molar-refractivity contribution in [1.82, 2.24) is 24.8 Å². The summed E-state index contributed by atoms with van der Waals surface area (Å²) in [5.41, 5.74) is 0.143. The predicted octanol–water partition coefficient (Wildman–Crippen LogP) is 4.72. The van der Waals surface area contributed by atoms with Gasteiger partial charge in [0.1, 0.15) is 5.82 Å². The number of amides is 1. The zero-order chi connectivity index (χ0) is 25.2. The Morgan fingerprint density at radius 2 is 1.83 bits per heavy atom. The van der Waals surface area contributed by atoms with E-state index in [1.165, 1.54) is 0 Å². The highest BCUT2D eigenvalue weighted by molar-refractivity contribution is 6.00. The van der Waals surface area contributed by atoms with Gasteiger partial charge >= 0.3 is 6.18 Å². The fourth-order valence-corrected chi connectivity index (χ4v) is 4.76. The minimum atomic E-state index is -4.55. The van der Waals surface area contributed by atoms with Gasteiger partial charge in [-0.2, -0.15) is 13.2 Å². The number of rotatable bonds is 6. The van der Waals surface area contributed by atoms with E-state index in [9.17, 15) is 18.0 Å². The van der Waals surface area contributed by atoms with Crippen molar-refractivity contribution in [1.29, 1.82) is 0 Å². The molecule has 3 unspecified atom stereocenters. The van der Waals surface area contributed by atoms with Gasteiger partial charge < -0.3 is 9.80 Å². The first kappa shape index (κ1) is 24.6. The molecule has 4 rings (SSSR count). The summed E-state index contributed by atoms with van der Waals surface area (Å²) in [4.78, 5) is 33.7. The molecule has 1 saturated heterocycles. The van der Waals surface area contributed by atoms with Gasteiger partial charge in [-0.1, -0.05) is 32.0 Å². The van der Waals surface area contributed by atoms with E-state index < -0.39 is 11.9 Å². The highest BCUT2D eigenvalue weighted by Gasteiger charge is 2.40. The molecule has 3 atom stereocenters. The molecule has 3 heterocycles. The van der Waals surface area contributed by atoms with Gasteiger partial charge in [0.25, 0.3) is 5.91 Å². The molecule has 1 amide bonds. The Balaban J connectivity index is 1.63. The standard InChI is InChI=1S/C25H27F3N6O/c1-4-19(33(3)22-14-31-21(13-32-22)25(26,27)28)20-12-16(2)15-34(20)24(35)18-9-6-5-8-17(18)23-29-10-7-11-30-23/h5-11,13-14,16,19-20H,4,12,15H2,1-3H3. The maximum atomic E-state index is 13.8. The Morgan fingerprint density at radius 1 is 1.11 bits per heavy atom. The third-order valence-corrected chi connectivity index (χ3v) is 6.43. The van der Waals surface area contributed by atoms with Crippen LogP contribution in [0.2, 0.25) is 0 Å². The van der Waals surface area contributed by atoms with Gasteiger partial charge in [0.2, 0.25) is 0 Å². The first-order chi connectivity index (χ1) is 16.7. The molecule has 0 bridgehead atoms. The van der Waals surface area contributed by atoms with E-state index in [4.69, 9.17) is 0 Å². The first-order valence-corrected chi connectivity index (χ1v) is 11.5. The largest absolute Gasteiger partial charge is 0.434 e. The first-order valence-electron chi connectivity index (χ1n) is 11.5. The van der Waals surface area contributed by atoms with Gasteiger partial charge in [-0.15, -0.1) is 0 Å². The molecule has 0 aliphatic carbocycles. The van der Waals surface area contributed by atoms with Crippen LogP contribution in [0, 0.1) is 5.92 Å². The second-order valence-corrected chi connectivity index (χ2v) is 8.83. The number of likely N-dealkylation sites (N-methyl/N-ethyl adjacent to an activating group) is 1. The summed E-state index contributed by atoms with van der Waals surface area (Å²) in [5, 5.41) is 0. The number of nitrogens with zero attached hydrogens (tertiary/aromatic N) is 6. The summed E-state index contributed by atoms with van der Waals surface area (Å²) >= 11 is 0. The van der Waals surface area contributed by atoms with E-state index in [0.29, 0.717) is 35.7 Å². The SMILES string of the molecule is CCC(C1CC(C)CN1C(=O)c1ccccc1-c1ncccn1)N(C)c1cnc(C(F)(F)F)cn1. The summed E-state index contributed by atoms with van der Waals surface area (Å²) in [6, 6.07) is 8.68. The summed E-state index contributed by atoms with van der Waals surface area (Å²) < 4.78 is 38.8. The molecular weight excluding hydrogens is 457 g/mol. The molecule has 1 aromatic carbocycles. The van der Waals surface area contributed by atoms with Crippen molar-refractivity contribution < 1.29 is 18.0 Å². The lowest BCUT2D eigenvalue weighted by molar-refractivity contribution is -0.141. The fourth-order valence-electron chi connectivity index (χ4n) is 4.76. The van der Waals surface area contributed by atoms with Crippen molar-refractivity contribution >= 4 is 11.7 Å². The number of carbonyl (C=O) groups excluding carboxylic acids is 1. The van der Waals surface area contributed by atoms with Crippen molar-refractivity contribution in [3.8, 4) is 11.4 Å². The van der Waals surface area contributed by atoms with E-state index in [1.54, 1.807) is 31.6 Å². The molecule has 10 heteroatoms. The average molecular weight is 485 g/mol. The van der Waals surface area contributed by atoms with E-state index >= 15 is 0 Å². The maximum Gasteiger partial charge on any atom is 0.434 e. The molecule has 1 aliphatic rings. The number of carbonyl (C=O) groups is 1. The van der Waals surface area contributed by atoms with Crippen LogP contribution in [0.25, 0.3) is 11.4 Å². The molecule has 184 valence electrons. The molecule has 0 spiro atoms. The third kappa shape index (κ3) is 5.11. The molecule has 2 aromatic heterocycles. The molecular formula is C25H27F3N6O. The number of anilines is 1. The molecule has 0 saturated carbocycles. The Labute approximate surface area is 202 Å². The van der Waals surface area contributed by atoms with E-state index in [2.05, 4.69) is 26.9 Å². The predicted molar refractivity (Wildman–Crippen MR) is 126 cm³/mol. The molecule has 7 nitrogen and oxygen atoms in total. The van der Waals surface area contributed by atoms with Crippen molar-refractivity contribution in [3.63, 3.8) is 0 Å². The Hall–Kier alpha value is -3.56. The maximum absolute atomic E-state index is 13.8. The molecule has 0 radical (unpaired) electrons. The Morgan fingerprint density at radius 3 is 2.46 bits per heavy atom. The van der Waals surface area contributed by atoms with Crippen LogP contribution < -0.4 is 4.90 Å². The quantitative estimate of drug-likeness (QED) is 0.504. The van der Waals surface area contributed by atoms with Gasteiger partial charge in [-0.05, 0) is 30.9 Å². The van der Waals surface area contributed by atoms with Crippen LogP contribution in [0.4, 0.5) is 19.0 Å². The van der Waals surface area contributed by atoms with Crippen molar-refractivity contribution in [2.24, 2.45) is 5.92 Å². The number of hydrogen-bond donors (Lipinski definition) is 0. The molecule has 3 aromatic rings. The van der Waals surface area contributed by atoms with Gasteiger partial charge in [0, 0.05) is 31.5 Å². The van der Waals surface area contributed by atoms with E-state index in [0.717, 1.165) is 18.8 Å². The topological polar surface area (TPSA) is 75.1 Å². The minimum Gasteiger partial charge on any atom is -0.353 e. The number of benzene rings is 1. The van der Waals surface area contributed by atoms with Gasteiger partial charge in [-0.25, -0.2) is 19.9 Å². The number of hydrogen-bond acceptors (Lipinski definition) is 6. The zero-order valence-corrected chi connectivity index (χ0v) is 19.8. The number of alkyl halides is 3. The lowest BCUT2D eigenvalue weighted by Gasteiger charge is -2.37. The van der Waals surface area contributed by atoms with Crippen LogP contribution in [0.5, 0.6) is 0 Å². The fraction of sp³-hybridized carbons (Fsp3) is 0.400. The Kier molecular flexibility index (Phi) is 7.00. The highest BCUT2D eigenvalue weighted by atomic mass is 19.4. The van der Waals surface area contributed by atoms with Crippen molar-refractivity contribution in [2.45, 2.75) is 44.9 Å². The van der Waals surface area contributed by atoms with Crippen LogP contribution in [0.1, 0.15) is 42.7 Å². The lowest BCUT2D eigenvalue weighted by Crippen LogP contribution is -2.50. The van der Waals surface area contributed by atoms with Crippen LogP contribution in [-0.4, -0.2) is 56.4 Å². The molecule has 1 fully saturated rings. The molecule has 0 N–H and O–H groups in total. The lowest BCUT2D eigenvalue weighted by atomic mass is 9.97. The monoisotopic (exact) mass is 484 g/mol. The van der Waals surface area contributed by atoms with Crippen molar-refractivity contribution in [2.75, 3.05) is 18.5 Å². The van der Waals surface area contributed by atoms with E-state index in [-0.39, 0.29) is 23.9 Å². The Bertz CT molecular complexity index is 1160. The van der Waals surface area contributed by atoms with Crippen LogP contribution in [0.3, 0.4) is 0 Å². The summed E-state index contributed by atoms with van der Waals surface area (Å²) in [7, 11) is 1.78. The average Bonchev–Trinajstić information content (AvgIpc) is 3.25. The highest BCUT2D eigenvalue weighted by Crippen LogP contribution is 2.33.